The van der Waals surface area contributed by atoms with Crippen LogP contribution in [0.3, 0.4) is 0 Å². The molecule has 2 amide bonds. The molecule has 0 bridgehead atoms. The average Bonchev–Trinajstić information content (AvgIpc) is 2.67. The van der Waals surface area contributed by atoms with Crippen molar-refractivity contribution in [1.29, 1.82) is 0 Å². The second-order valence-corrected chi connectivity index (χ2v) is 5.61. The highest BCUT2D eigenvalue weighted by atomic mass is 32.2. The van der Waals surface area contributed by atoms with Crippen LogP contribution in [0.1, 0.15) is 30.1 Å². The molecular weight excluding hydrogens is 280 g/mol. The van der Waals surface area contributed by atoms with Gasteiger partial charge in [0.15, 0.2) is 0 Å². The molecule has 0 saturated carbocycles. The number of pyridine rings is 1. The Morgan fingerprint density at radius 1 is 1.50 bits per heavy atom. The number of rotatable bonds is 5. The maximum Gasteiger partial charge on any atom is 0.337 e. The molecule has 0 aromatic carbocycles. The van der Waals surface area contributed by atoms with Gasteiger partial charge in [-0.1, -0.05) is 18.7 Å². The van der Waals surface area contributed by atoms with E-state index in [2.05, 4.69) is 4.98 Å². The number of likely N-dealkylation sites (tertiary alicyclic amines) is 1. The average molecular weight is 294 g/mol. The molecule has 1 unspecified atom stereocenters. The molecule has 0 spiro atoms. The van der Waals surface area contributed by atoms with Gasteiger partial charge >= 0.3 is 5.97 Å². The number of hydrogen-bond donors (Lipinski definition) is 1. The van der Waals surface area contributed by atoms with Gasteiger partial charge in [-0.25, -0.2) is 9.78 Å². The Morgan fingerprint density at radius 3 is 2.80 bits per heavy atom. The second-order valence-electron chi connectivity index (χ2n) is 4.38. The summed E-state index contributed by atoms with van der Waals surface area (Å²) in [4.78, 5) is 39.7. The lowest BCUT2D eigenvalue weighted by Crippen LogP contribution is -2.31. The van der Waals surface area contributed by atoms with Crippen LogP contribution in [0.4, 0.5) is 0 Å². The van der Waals surface area contributed by atoms with Crippen LogP contribution in [-0.4, -0.2) is 44.6 Å². The van der Waals surface area contributed by atoms with Crippen molar-refractivity contribution in [3.8, 4) is 0 Å². The fourth-order valence-corrected chi connectivity index (χ4v) is 2.93. The molecule has 0 aliphatic carbocycles. The van der Waals surface area contributed by atoms with Gasteiger partial charge in [-0.15, -0.1) is 0 Å². The number of imide groups is 1. The molecule has 1 aliphatic rings. The van der Waals surface area contributed by atoms with Crippen molar-refractivity contribution in [2.45, 2.75) is 30.0 Å². The SMILES string of the molecule is CCCN1C(=O)CC(Sc2ccc(C(=O)O)cn2)C1=O. The Morgan fingerprint density at radius 2 is 2.25 bits per heavy atom. The van der Waals surface area contributed by atoms with Crippen molar-refractivity contribution in [2.75, 3.05) is 6.54 Å². The number of hydrogen-bond acceptors (Lipinski definition) is 5. The quantitative estimate of drug-likeness (QED) is 0.826. The summed E-state index contributed by atoms with van der Waals surface area (Å²) in [5, 5.41) is 8.86. The van der Waals surface area contributed by atoms with E-state index < -0.39 is 11.2 Å². The number of carbonyl (C=O) groups is 3. The summed E-state index contributed by atoms with van der Waals surface area (Å²) in [6.07, 6.45) is 2.15. The smallest absolute Gasteiger partial charge is 0.337 e. The van der Waals surface area contributed by atoms with Crippen LogP contribution in [0.5, 0.6) is 0 Å². The van der Waals surface area contributed by atoms with Gasteiger partial charge < -0.3 is 5.11 Å². The van der Waals surface area contributed by atoms with E-state index in [1.165, 1.54) is 28.9 Å². The fourth-order valence-electron chi connectivity index (χ4n) is 1.93. The van der Waals surface area contributed by atoms with Crippen LogP contribution < -0.4 is 0 Å². The zero-order valence-corrected chi connectivity index (χ0v) is 11.7. The predicted molar refractivity (Wildman–Crippen MR) is 72.5 cm³/mol. The molecule has 1 saturated heterocycles. The van der Waals surface area contributed by atoms with Crippen molar-refractivity contribution in [3.05, 3.63) is 23.9 Å². The first-order valence-electron chi connectivity index (χ1n) is 6.23. The number of nitrogens with zero attached hydrogens (tertiary/aromatic N) is 2. The van der Waals surface area contributed by atoms with E-state index >= 15 is 0 Å². The zero-order valence-electron chi connectivity index (χ0n) is 10.9. The first-order chi connectivity index (χ1) is 9.52. The van der Waals surface area contributed by atoms with Crippen LogP contribution >= 0.6 is 11.8 Å². The van der Waals surface area contributed by atoms with Crippen LogP contribution in [0.25, 0.3) is 0 Å². The molecule has 1 fully saturated rings. The molecule has 20 heavy (non-hydrogen) atoms. The molecular formula is C13H14N2O4S. The fraction of sp³-hybridized carbons (Fsp3) is 0.385. The minimum absolute atomic E-state index is 0.0933. The van der Waals surface area contributed by atoms with E-state index in [1.807, 2.05) is 6.92 Å². The monoisotopic (exact) mass is 294 g/mol. The van der Waals surface area contributed by atoms with Gasteiger partial charge in [-0.2, -0.15) is 0 Å². The van der Waals surface area contributed by atoms with Gasteiger partial charge in [0, 0.05) is 19.2 Å². The molecule has 1 aromatic heterocycles. The maximum atomic E-state index is 12.0. The van der Waals surface area contributed by atoms with Crippen molar-refractivity contribution >= 4 is 29.5 Å². The van der Waals surface area contributed by atoms with Crippen molar-refractivity contribution in [2.24, 2.45) is 0 Å². The highest BCUT2D eigenvalue weighted by Gasteiger charge is 2.38. The standard InChI is InChI=1S/C13H14N2O4S/c1-2-5-15-11(16)6-9(12(15)17)20-10-4-3-8(7-14-10)13(18)19/h3-4,7,9H,2,5-6H2,1H3,(H,18,19). The number of carboxylic acid groups (broad SMARTS) is 1. The van der Waals surface area contributed by atoms with Gasteiger partial charge in [0.05, 0.1) is 15.8 Å². The Bertz CT molecular complexity index is 544. The Kier molecular flexibility index (Phi) is 4.39. The number of thioether (sulfide) groups is 1. The van der Waals surface area contributed by atoms with Crippen molar-refractivity contribution in [1.82, 2.24) is 9.88 Å². The van der Waals surface area contributed by atoms with Crippen LogP contribution in [0.2, 0.25) is 0 Å². The minimum Gasteiger partial charge on any atom is -0.478 e. The third-order valence-electron chi connectivity index (χ3n) is 2.90. The minimum atomic E-state index is -1.05. The van der Waals surface area contributed by atoms with Crippen molar-refractivity contribution in [3.63, 3.8) is 0 Å². The van der Waals surface area contributed by atoms with Crippen LogP contribution in [0, 0.1) is 0 Å². The first kappa shape index (κ1) is 14.5. The lowest BCUT2D eigenvalue weighted by Gasteiger charge is -2.13. The molecule has 2 rings (SSSR count). The summed E-state index contributed by atoms with van der Waals surface area (Å²) >= 11 is 1.20. The second kappa shape index (κ2) is 6.04. The number of aromatic nitrogens is 1. The predicted octanol–water partition coefficient (Wildman–Crippen LogP) is 1.41. The highest BCUT2D eigenvalue weighted by molar-refractivity contribution is 8.00. The third kappa shape index (κ3) is 2.98. The van der Waals surface area contributed by atoms with Crippen LogP contribution in [0.15, 0.2) is 23.4 Å². The number of carboxylic acids is 1. The van der Waals surface area contributed by atoms with E-state index in [-0.39, 0.29) is 23.8 Å². The molecule has 0 radical (unpaired) electrons. The number of carbonyl (C=O) groups excluding carboxylic acids is 2. The summed E-state index contributed by atoms with van der Waals surface area (Å²) in [6, 6.07) is 2.98. The lowest BCUT2D eigenvalue weighted by molar-refractivity contribution is -0.138. The molecule has 7 heteroatoms. The van der Waals surface area contributed by atoms with Gasteiger partial charge in [0.25, 0.3) is 0 Å². The Balaban J connectivity index is 2.05. The summed E-state index contributed by atoms with van der Waals surface area (Å²) < 4.78 is 0. The lowest BCUT2D eigenvalue weighted by atomic mass is 10.3. The summed E-state index contributed by atoms with van der Waals surface area (Å²) in [7, 11) is 0. The summed E-state index contributed by atoms with van der Waals surface area (Å²) in [5.41, 5.74) is 0.0933. The van der Waals surface area contributed by atoms with Gasteiger partial charge in [0.2, 0.25) is 11.8 Å². The van der Waals surface area contributed by atoms with E-state index in [0.717, 1.165) is 6.42 Å². The molecule has 1 N–H and O–H groups in total. The molecule has 1 aliphatic heterocycles. The topological polar surface area (TPSA) is 87.6 Å². The van der Waals surface area contributed by atoms with E-state index in [9.17, 15) is 14.4 Å². The largest absolute Gasteiger partial charge is 0.478 e. The molecule has 6 nitrogen and oxygen atoms in total. The van der Waals surface area contributed by atoms with E-state index in [0.29, 0.717) is 11.6 Å². The Hall–Kier alpha value is -1.89. The zero-order chi connectivity index (χ0) is 14.7. The van der Waals surface area contributed by atoms with E-state index in [1.54, 1.807) is 6.07 Å². The third-order valence-corrected chi connectivity index (χ3v) is 4.03. The normalized spacial score (nSPS) is 18.6. The van der Waals surface area contributed by atoms with Gasteiger partial charge in [-0.05, 0) is 18.6 Å². The van der Waals surface area contributed by atoms with Crippen LogP contribution in [-0.2, 0) is 9.59 Å². The molecule has 1 aromatic rings. The molecule has 1 atom stereocenters. The van der Waals surface area contributed by atoms with Crippen molar-refractivity contribution < 1.29 is 19.5 Å². The molecule has 2 heterocycles. The first-order valence-corrected chi connectivity index (χ1v) is 7.11. The number of amides is 2. The maximum absolute atomic E-state index is 12.0. The number of aromatic carboxylic acids is 1. The summed E-state index contributed by atoms with van der Waals surface area (Å²) in [5.74, 6) is -1.39. The van der Waals surface area contributed by atoms with E-state index in [4.69, 9.17) is 5.11 Å². The molecule has 106 valence electrons. The van der Waals surface area contributed by atoms with Gasteiger partial charge in [0.1, 0.15) is 0 Å². The highest BCUT2D eigenvalue weighted by Crippen LogP contribution is 2.30. The Labute approximate surface area is 120 Å². The van der Waals surface area contributed by atoms with Gasteiger partial charge in [-0.3, -0.25) is 14.5 Å². The summed E-state index contributed by atoms with van der Waals surface area (Å²) in [6.45, 7) is 2.35.